The number of alkyl halides is 3. The highest BCUT2D eigenvalue weighted by molar-refractivity contribution is 5.96. The number of amides is 2. The second-order valence-corrected chi connectivity index (χ2v) is 10.3. The smallest absolute Gasteiger partial charge is 0.385 e. The van der Waals surface area contributed by atoms with Gasteiger partial charge in [-0.15, -0.1) is 0 Å². The van der Waals surface area contributed by atoms with Gasteiger partial charge in [0.2, 0.25) is 5.91 Å². The molecule has 1 saturated carbocycles. The van der Waals surface area contributed by atoms with Crippen molar-refractivity contribution in [2.75, 3.05) is 19.6 Å². The molecule has 0 atom stereocenters. The van der Waals surface area contributed by atoms with Gasteiger partial charge in [0.15, 0.2) is 0 Å². The van der Waals surface area contributed by atoms with Gasteiger partial charge in [-0.2, -0.15) is 13.2 Å². The molecular formula is C27H30F3N5O3. The number of aromatic nitrogens is 2. The number of rotatable bonds is 6. The maximum atomic E-state index is 12.9. The standard InChI is InChI=1S/C27H30F3N5O3/c1-34-16-32-22-6-5-18(12-23(22)34)26(38)9-7-21(8-10-26)35-14-20(15-35)33-24(36)13-31-25(37)17-3-2-4-19(11-17)27(28,29)30/h2-6,11-12,16,20-21,38H,7-10,13-15H2,1H3,(H,31,37)(H,33,36)/t21-,26-. The van der Waals surface area contributed by atoms with Crippen LogP contribution >= 0.6 is 0 Å². The van der Waals surface area contributed by atoms with Crippen LogP contribution in [0.3, 0.4) is 0 Å². The monoisotopic (exact) mass is 529 g/mol. The van der Waals surface area contributed by atoms with Crippen molar-refractivity contribution >= 4 is 22.8 Å². The van der Waals surface area contributed by atoms with Crippen LogP contribution in [-0.2, 0) is 23.6 Å². The van der Waals surface area contributed by atoms with E-state index in [0.29, 0.717) is 32.0 Å². The maximum Gasteiger partial charge on any atom is 0.416 e. The minimum atomic E-state index is -4.55. The van der Waals surface area contributed by atoms with Crippen molar-refractivity contribution < 1.29 is 27.9 Å². The third kappa shape index (κ3) is 5.39. The Morgan fingerprint density at radius 2 is 1.87 bits per heavy atom. The van der Waals surface area contributed by atoms with Gasteiger partial charge >= 0.3 is 6.18 Å². The first kappa shape index (κ1) is 26.2. The van der Waals surface area contributed by atoms with Crippen LogP contribution in [0.15, 0.2) is 48.8 Å². The third-order valence-corrected chi connectivity index (χ3v) is 7.70. The van der Waals surface area contributed by atoms with Gasteiger partial charge in [0.25, 0.3) is 5.91 Å². The Morgan fingerprint density at radius 3 is 2.58 bits per heavy atom. The van der Waals surface area contributed by atoms with Crippen molar-refractivity contribution in [2.24, 2.45) is 7.05 Å². The summed E-state index contributed by atoms with van der Waals surface area (Å²) in [4.78, 5) is 31.1. The number of benzene rings is 2. The molecule has 1 aliphatic carbocycles. The molecule has 5 rings (SSSR count). The van der Waals surface area contributed by atoms with E-state index < -0.39 is 29.2 Å². The van der Waals surface area contributed by atoms with Gasteiger partial charge in [0.1, 0.15) is 0 Å². The van der Waals surface area contributed by atoms with Gasteiger partial charge < -0.3 is 20.3 Å². The molecule has 1 aromatic heterocycles. The third-order valence-electron chi connectivity index (χ3n) is 7.70. The molecule has 0 bridgehead atoms. The quantitative estimate of drug-likeness (QED) is 0.456. The van der Waals surface area contributed by atoms with Crippen LogP contribution in [-0.4, -0.2) is 63.1 Å². The van der Waals surface area contributed by atoms with Crippen LogP contribution in [0.5, 0.6) is 0 Å². The molecule has 2 heterocycles. The number of nitrogens with one attached hydrogen (secondary N) is 2. The number of hydrogen-bond donors (Lipinski definition) is 3. The minimum Gasteiger partial charge on any atom is -0.385 e. The lowest BCUT2D eigenvalue weighted by atomic mass is 9.76. The molecule has 0 unspecified atom stereocenters. The van der Waals surface area contributed by atoms with Crippen LogP contribution in [0.25, 0.3) is 11.0 Å². The van der Waals surface area contributed by atoms with Crippen LogP contribution in [0.2, 0.25) is 0 Å². The summed E-state index contributed by atoms with van der Waals surface area (Å²) in [7, 11) is 1.93. The first-order valence-corrected chi connectivity index (χ1v) is 12.6. The summed E-state index contributed by atoms with van der Waals surface area (Å²) < 4.78 is 40.5. The summed E-state index contributed by atoms with van der Waals surface area (Å²) in [6.07, 6.45) is 0.195. The first-order valence-electron chi connectivity index (χ1n) is 12.6. The number of imidazole rings is 1. The van der Waals surface area contributed by atoms with Gasteiger partial charge in [-0.3, -0.25) is 14.5 Å². The fourth-order valence-electron chi connectivity index (χ4n) is 5.43. The van der Waals surface area contributed by atoms with Crippen molar-refractivity contribution in [3.8, 4) is 0 Å². The summed E-state index contributed by atoms with van der Waals surface area (Å²) in [6, 6.07) is 10.3. The Bertz CT molecular complexity index is 1340. The second-order valence-electron chi connectivity index (χ2n) is 10.3. The number of aryl methyl sites for hydroxylation is 1. The molecule has 2 amide bonds. The van der Waals surface area contributed by atoms with Crippen LogP contribution in [0.4, 0.5) is 13.2 Å². The van der Waals surface area contributed by atoms with Crippen LogP contribution < -0.4 is 10.6 Å². The SMILES string of the molecule is Cn1cnc2ccc([C@]3(O)CC[C@H](N4CC(NC(=O)CNC(=O)c5cccc(C(F)(F)F)c5)C4)CC3)cc21. The van der Waals surface area contributed by atoms with E-state index in [1.165, 1.54) is 6.07 Å². The van der Waals surface area contributed by atoms with Crippen molar-refractivity contribution in [2.45, 2.75) is 49.5 Å². The summed E-state index contributed by atoms with van der Waals surface area (Å²) in [5, 5.41) is 16.6. The predicted molar refractivity (Wildman–Crippen MR) is 134 cm³/mol. The van der Waals surface area contributed by atoms with E-state index in [1.54, 1.807) is 6.33 Å². The number of hydrogen-bond acceptors (Lipinski definition) is 5. The Balaban J connectivity index is 1.05. The molecule has 8 nitrogen and oxygen atoms in total. The lowest BCUT2D eigenvalue weighted by Crippen LogP contribution is -2.63. The number of carbonyl (C=O) groups is 2. The average molecular weight is 530 g/mol. The normalized spacial score (nSPS) is 22.7. The number of carbonyl (C=O) groups excluding carboxylic acids is 2. The fourth-order valence-corrected chi connectivity index (χ4v) is 5.43. The van der Waals surface area contributed by atoms with Crippen molar-refractivity contribution in [3.63, 3.8) is 0 Å². The molecule has 2 aliphatic rings. The van der Waals surface area contributed by atoms with E-state index in [2.05, 4.69) is 20.5 Å². The molecule has 3 N–H and O–H groups in total. The molecule has 2 aromatic carbocycles. The zero-order valence-corrected chi connectivity index (χ0v) is 21.0. The molecular weight excluding hydrogens is 499 g/mol. The molecule has 2 fully saturated rings. The Hall–Kier alpha value is -3.44. The highest BCUT2D eigenvalue weighted by Crippen LogP contribution is 2.40. The number of fused-ring (bicyclic) bond motifs is 1. The highest BCUT2D eigenvalue weighted by atomic mass is 19.4. The zero-order valence-electron chi connectivity index (χ0n) is 21.0. The number of likely N-dealkylation sites (tertiary alicyclic amines) is 1. The topological polar surface area (TPSA) is 99.5 Å². The largest absolute Gasteiger partial charge is 0.416 e. The second kappa shape index (κ2) is 10.0. The van der Waals surface area contributed by atoms with E-state index in [-0.39, 0.29) is 18.2 Å². The van der Waals surface area contributed by atoms with Gasteiger partial charge in [0, 0.05) is 31.7 Å². The molecule has 0 radical (unpaired) electrons. The highest BCUT2D eigenvalue weighted by Gasteiger charge is 2.40. The van der Waals surface area contributed by atoms with Crippen LogP contribution in [0, 0.1) is 0 Å². The molecule has 0 spiro atoms. The molecule has 3 aromatic rings. The Morgan fingerprint density at radius 1 is 1.13 bits per heavy atom. The van der Waals surface area contributed by atoms with Crippen molar-refractivity contribution in [1.29, 1.82) is 0 Å². The average Bonchev–Trinajstić information content (AvgIpc) is 3.25. The van der Waals surface area contributed by atoms with E-state index in [9.17, 15) is 27.9 Å². The summed E-state index contributed by atoms with van der Waals surface area (Å²) >= 11 is 0. The summed E-state index contributed by atoms with van der Waals surface area (Å²) in [5.74, 6) is -1.13. The first-order chi connectivity index (χ1) is 18.0. The van der Waals surface area contributed by atoms with E-state index >= 15 is 0 Å². The number of aliphatic hydroxyl groups is 1. The lowest BCUT2D eigenvalue weighted by Gasteiger charge is -2.48. The molecule has 11 heteroatoms. The van der Waals surface area contributed by atoms with Gasteiger partial charge in [0.05, 0.1) is 41.1 Å². The molecule has 38 heavy (non-hydrogen) atoms. The van der Waals surface area contributed by atoms with Crippen LogP contribution in [0.1, 0.15) is 47.2 Å². The Kier molecular flexibility index (Phi) is 6.91. The van der Waals surface area contributed by atoms with E-state index in [1.807, 2.05) is 29.8 Å². The van der Waals surface area contributed by atoms with E-state index in [4.69, 9.17) is 0 Å². The van der Waals surface area contributed by atoms with Gasteiger partial charge in [-0.1, -0.05) is 12.1 Å². The summed E-state index contributed by atoms with van der Waals surface area (Å²) in [5.41, 5.74) is 0.862. The molecule has 1 aliphatic heterocycles. The Labute approximate surface area is 217 Å². The lowest BCUT2D eigenvalue weighted by molar-refractivity contribution is -0.137. The minimum absolute atomic E-state index is 0.0546. The van der Waals surface area contributed by atoms with Crippen molar-refractivity contribution in [1.82, 2.24) is 25.1 Å². The number of nitrogens with zero attached hydrogens (tertiary/aromatic N) is 3. The number of halogens is 3. The molecule has 202 valence electrons. The maximum absolute atomic E-state index is 12.9. The van der Waals surface area contributed by atoms with E-state index in [0.717, 1.165) is 47.6 Å². The van der Waals surface area contributed by atoms with Gasteiger partial charge in [-0.25, -0.2) is 4.98 Å². The predicted octanol–water partition coefficient (Wildman–Crippen LogP) is 2.95. The fraction of sp³-hybridized carbons (Fsp3) is 0.444. The van der Waals surface area contributed by atoms with Crippen molar-refractivity contribution in [3.05, 3.63) is 65.5 Å². The zero-order chi connectivity index (χ0) is 27.1. The molecule has 1 saturated heterocycles. The van der Waals surface area contributed by atoms with Gasteiger partial charge in [-0.05, 0) is 61.6 Å². The summed E-state index contributed by atoms with van der Waals surface area (Å²) in [6.45, 7) is 1.04.